The number of benzene rings is 2. The Kier molecular flexibility index (Phi) is 7.63. The lowest BCUT2D eigenvalue weighted by Gasteiger charge is -2.28. The first-order valence-corrected chi connectivity index (χ1v) is 11.4. The van der Waals surface area contributed by atoms with Crippen molar-refractivity contribution in [2.75, 3.05) is 40.4 Å². The van der Waals surface area contributed by atoms with Crippen molar-refractivity contribution in [3.8, 4) is 11.5 Å². The normalized spacial score (nSPS) is 15.9. The van der Waals surface area contributed by atoms with Gasteiger partial charge in [0, 0.05) is 13.1 Å². The lowest BCUT2D eigenvalue weighted by Crippen LogP contribution is -2.38. The number of hydrogen-bond donors (Lipinski definition) is 2. The van der Waals surface area contributed by atoms with E-state index in [1.807, 2.05) is 42.5 Å². The molecule has 0 saturated carbocycles. The molecule has 2 aromatic carbocycles. The molecule has 0 spiro atoms. The zero-order chi connectivity index (χ0) is 22.3. The van der Waals surface area contributed by atoms with Gasteiger partial charge in [0.05, 0.1) is 24.7 Å². The first kappa shape index (κ1) is 22.6. The summed E-state index contributed by atoms with van der Waals surface area (Å²) in [4.78, 5) is 12.6. The number of aromatic nitrogens is 2. The molecule has 0 bridgehead atoms. The van der Waals surface area contributed by atoms with E-state index in [9.17, 15) is 5.11 Å². The van der Waals surface area contributed by atoms with Gasteiger partial charge in [-0.25, -0.2) is 4.98 Å². The quantitative estimate of drug-likeness (QED) is 0.505. The molecule has 1 aliphatic heterocycles. The Labute approximate surface area is 190 Å². The zero-order valence-corrected chi connectivity index (χ0v) is 19.1. The molecule has 0 aliphatic carbocycles. The summed E-state index contributed by atoms with van der Waals surface area (Å²) in [5, 5.41) is 10.4. The van der Waals surface area contributed by atoms with E-state index in [2.05, 4.69) is 26.8 Å². The number of likely N-dealkylation sites (tertiary alicyclic amines) is 1. The van der Waals surface area contributed by atoms with E-state index in [4.69, 9.17) is 9.47 Å². The third-order valence-electron chi connectivity index (χ3n) is 5.89. The van der Waals surface area contributed by atoms with Crippen LogP contribution in [0.4, 0.5) is 0 Å². The molecular weight excluding hydrogens is 404 g/mol. The maximum atomic E-state index is 10.4. The molecular formula is C25H34N4O3. The van der Waals surface area contributed by atoms with Crippen LogP contribution in [-0.2, 0) is 13.1 Å². The average Bonchev–Trinajstić information content (AvgIpc) is 3.20. The van der Waals surface area contributed by atoms with Gasteiger partial charge in [-0.15, -0.1) is 0 Å². The van der Waals surface area contributed by atoms with E-state index in [0.717, 1.165) is 42.1 Å². The van der Waals surface area contributed by atoms with Gasteiger partial charge < -0.3 is 24.5 Å². The highest BCUT2D eigenvalue weighted by Crippen LogP contribution is 2.29. The third-order valence-corrected chi connectivity index (χ3v) is 5.89. The van der Waals surface area contributed by atoms with Crippen LogP contribution in [-0.4, -0.2) is 71.4 Å². The number of piperidine rings is 1. The van der Waals surface area contributed by atoms with Gasteiger partial charge in [0.15, 0.2) is 11.5 Å². The summed E-state index contributed by atoms with van der Waals surface area (Å²) in [7, 11) is 3.71. The molecule has 4 rings (SSSR count). The molecule has 1 aliphatic rings. The van der Waals surface area contributed by atoms with E-state index in [0.29, 0.717) is 24.6 Å². The van der Waals surface area contributed by atoms with Gasteiger partial charge in [-0.3, -0.25) is 4.90 Å². The second-order valence-electron chi connectivity index (χ2n) is 8.68. The zero-order valence-electron chi connectivity index (χ0n) is 19.1. The Morgan fingerprint density at radius 2 is 1.91 bits per heavy atom. The minimum Gasteiger partial charge on any atom is -0.493 e. The summed E-state index contributed by atoms with van der Waals surface area (Å²) in [6.45, 7) is 4.49. The molecule has 2 N–H and O–H groups in total. The van der Waals surface area contributed by atoms with Gasteiger partial charge in [0.25, 0.3) is 0 Å². The second kappa shape index (κ2) is 10.8. The highest BCUT2D eigenvalue weighted by molar-refractivity contribution is 5.74. The van der Waals surface area contributed by atoms with Crippen molar-refractivity contribution in [2.45, 2.75) is 38.5 Å². The lowest BCUT2D eigenvalue weighted by atomic mass is 10.1. The molecule has 1 atom stereocenters. The number of methoxy groups -OCH3 is 1. The molecule has 2 heterocycles. The van der Waals surface area contributed by atoms with E-state index >= 15 is 0 Å². The van der Waals surface area contributed by atoms with Gasteiger partial charge in [0.2, 0.25) is 0 Å². The number of H-pyrrole nitrogens is 1. The number of aromatic amines is 1. The molecule has 32 heavy (non-hydrogen) atoms. The number of nitrogens with zero attached hydrogens (tertiary/aromatic N) is 3. The van der Waals surface area contributed by atoms with Gasteiger partial charge in [-0.2, -0.15) is 0 Å². The van der Waals surface area contributed by atoms with Crippen LogP contribution >= 0.6 is 0 Å². The second-order valence-corrected chi connectivity index (χ2v) is 8.68. The van der Waals surface area contributed by atoms with Gasteiger partial charge >= 0.3 is 0 Å². The average molecular weight is 439 g/mol. The summed E-state index contributed by atoms with van der Waals surface area (Å²) in [6, 6.07) is 14.0. The van der Waals surface area contributed by atoms with Crippen LogP contribution in [0.3, 0.4) is 0 Å². The molecule has 7 heteroatoms. The molecule has 0 unspecified atom stereocenters. The lowest BCUT2D eigenvalue weighted by molar-refractivity contribution is 0.0608. The van der Waals surface area contributed by atoms with E-state index < -0.39 is 6.10 Å². The van der Waals surface area contributed by atoms with Gasteiger partial charge in [-0.1, -0.05) is 24.6 Å². The third kappa shape index (κ3) is 6.00. The molecule has 7 nitrogen and oxygen atoms in total. The summed E-state index contributed by atoms with van der Waals surface area (Å²) < 4.78 is 11.4. The van der Waals surface area contributed by atoms with Crippen LogP contribution < -0.4 is 9.47 Å². The number of aliphatic hydroxyl groups is 1. The fourth-order valence-corrected chi connectivity index (χ4v) is 4.31. The van der Waals surface area contributed by atoms with Crippen molar-refractivity contribution in [1.82, 2.24) is 19.8 Å². The molecule has 1 aromatic heterocycles. The molecule has 3 aromatic rings. The predicted octanol–water partition coefficient (Wildman–Crippen LogP) is 3.43. The van der Waals surface area contributed by atoms with Crippen molar-refractivity contribution in [2.24, 2.45) is 0 Å². The SMILES string of the molecule is COc1ccc(CN(C)Cc2nc3ccccc3[nH]2)cc1OC[C@H](O)CN1CCCCC1. The molecule has 1 fully saturated rings. The first-order valence-electron chi connectivity index (χ1n) is 11.4. The van der Waals surface area contributed by atoms with Crippen LogP contribution in [0.15, 0.2) is 42.5 Å². The number of β-amino-alcohol motifs (C(OH)–C–C–N with tert-alkyl or cyclic N) is 1. The number of ether oxygens (including phenoxy) is 2. The van der Waals surface area contributed by atoms with E-state index in [1.165, 1.54) is 19.3 Å². The van der Waals surface area contributed by atoms with Crippen LogP contribution in [0, 0.1) is 0 Å². The molecule has 0 radical (unpaired) electrons. The van der Waals surface area contributed by atoms with E-state index in [-0.39, 0.29) is 6.61 Å². The van der Waals surface area contributed by atoms with Crippen molar-refractivity contribution in [1.29, 1.82) is 0 Å². The predicted molar refractivity (Wildman–Crippen MR) is 126 cm³/mol. The monoisotopic (exact) mass is 438 g/mol. The number of nitrogens with one attached hydrogen (secondary N) is 1. The largest absolute Gasteiger partial charge is 0.493 e. The Hall–Kier alpha value is -2.61. The molecule has 172 valence electrons. The smallest absolute Gasteiger partial charge is 0.161 e. The molecule has 1 saturated heterocycles. The number of hydrogen-bond acceptors (Lipinski definition) is 6. The number of imidazole rings is 1. The van der Waals surface area contributed by atoms with Crippen LogP contribution in [0.5, 0.6) is 11.5 Å². The maximum absolute atomic E-state index is 10.4. The summed E-state index contributed by atoms with van der Waals surface area (Å²) >= 11 is 0. The highest BCUT2D eigenvalue weighted by atomic mass is 16.5. The highest BCUT2D eigenvalue weighted by Gasteiger charge is 2.16. The summed E-state index contributed by atoms with van der Waals surface area (Å²) in [6.07, 6.45) is 3.20. The Balaban J connectivity index is 1.34. The van der Waals surface area contributed by atoms with Crippen molar-refractivity contribution in [3.05, 3.63) is 53.9 Å². The van der Waals surface area contributed by atoms with Crippen LogP contribution in [0.25, 0.3) is 11.0 Å². The Morgan fingerprint density at radius 1 is 1.09 bits per heavy atom. The number of aliphatic hydroxyl groups excluding tert-OH is 1. The van der Waals surface area contributed by atoms with Crippen molar-refractivity contribution in [3.63, 3.8) is 0 Å². The van der Waals surface area contributed by atoms with Crippen LogP contribution in [0.2, 0.25) is 0 Å². The maximum Gasteiger partial charge on any atom is 0.161 e. The minimum absolute atomic E-state index is 0.255. The van der Waals surface area contributed by atoms with Gasteiger partial charge in [-0.05, 0) is 62.8 Å². The molecule has 0 amide bonds. The van der Waals surface area contributed by atoms with Crippen LogP contribution in [0.1, 0.15) is 30.7 Å². The standard InChI is InChI=1S/C25H34N4O3/c1-28(17-25-26-21-8-4-5-9-22(21)27-25)15-19-10-11-23(31-2)24(14-19)32-18-20(30)16-29-12-6-3-7-13-29/h4-5,8-11,14,20,30H,3,6-7,12-13,15-18H2,1-2H3,(H,26,27)/t20-/m1/s1. The fourth-order valence-electron chi connectivity index (χ4n) is 4.31. The minimum atomic E-state index is -0.516. The van der Waals surface area contributed by atoms with Crippen molar-refractivity contribution >= 4 is 11.0 Å². The van der Waals surface area contributed by atoms with Gasteiger partial charge in [0.1, 0.15) is 18.5 Å². The Morgan fingerprint density at radius 3 is 2.69 bits per heavy atom. The number of rotatable bonds is 10. The number of fused-ring (bicyclic) bond motifs is 1. The summed E-state index contributed by atoms with van der Waals surface area (Å²) in [5.41, 5.74) is 3.16. The number of para-hydroxylation sites is 2. The Bertz CT molecular complexity index is 967. The van der Waals surface area contributed by atoms with Crippen molar-refractivity contribution < 1.29 is 14.6 Å². The summed E-state index contributed by atoms with van der Waals surface area (Å²) in [5.74, 6) is 2.29. The first-order chi connectivity index (χ1) is 15.6. The topological polar surface area (TPSA) is 73.8 Å². The van der Waals surface area contributed by atoms with E-state index in [1.54, 1.807) is 7.11 Å². The fraction of sp³-hybridized carbons (Fsp3) is 0.480.